The first-order valence-electron chi connectivity index (χ1n) is 12.0. The highest BCUT2D eigenvalue weighted by Crippen LogP contribution is 2.08. The molecule has 0 radical (unpaired) electrons. The number of aromatic nitrogens is 2. The third kappa shape index (κ3) is 9.89. The number of nitrogens with two attached hydrogens (primary N) is 1. The summed E-state index contributed by atoms with van der Waals surface area (Å²) >= 11 is 1.46. The zero-order valence-corrected chi connectivity index (χ0v) is 22.1. The Labute approximate surface area is 220 Å². The summed E-state index contributed by atoms with van der Waals surface area (Å²) in [6.07, 6.45) is 5.24. The number of rotatable bonds is 15. The molecule has 1 heterocycles. The van der Waals surface area contributed by atoms with Gasteiger partial charge in [0.15, 0.2) is 0 Å². The third-order valence-electron chi connectivity index (χ3n) is 5.77. The van der Waals surface area contributed by atoms with Crippen molar-refractivity contribution in [1.82, 2.24) is 25.9 Å². The summed E-state index contributed by atoms with van der Waals surface area (Å²) in [6.45, 7) is 3.61. The predicted octanol–water partition coefficient (Wildman–Crippen LogP) is 0.470. The number of benzene rings is 1. The molecule has 3 amide bonds. The van der Waals surface area contributed by atoms with Crippen LogP contribution in [-0.2, 0) is 32.0 Å². The molecular weight excluding hydrogens is 496 g/mol. The van der Waals surface area contributed by atoms with Gasteiger partial charge in [-0.1, -0.05) is 44.2 Å². The smallest absolute Gasteiger partial charge is 0.326 e. The molecule has 11 nitrogen and oxygen atoms in total. The molecule has 4 unspecified atom stereocenters. The fraction of sp³-hybridized carbons (Fsp3) is 0.480. The van der Waals surface area contributed by atoms with E-state index in [4.69, 9.17) is 5.73 Å². The highest BCUT2D eigenvalue weighted by atomic mass is 32.2. The number of H-pyrrole nitrogens is 1. The van der Waals surface area contributed by atoms with Crippen molar-refractivity contribution in [3.8, 4) is 0 Å². The number of aliphatic carboxylic acids is 1. The number of aromatic amines is 1. The van der Waals surface area contributed by atoms with Gasteiger partial charge in [-0.25, -0.2) is 9.78 Å². The molecule has 12 heteroatoms. The SMILES string of the molecule is CSCCC(NC(=O)C(Cc1cnc[nH]1)NC(=O)C(Cc1ccccc1)NC(=O)C(N)C(C)C)C(=O)O. The van der Waals surface area contributed by atoms with Crippen molar-refractivity contribution < 1.29 is 24.3 Å². The highest BCUT2D eigenvalue weighted by molar-refractivity contribution is 7.98. The van der Waals surface area contributed by atoms with Crippen LogP contribution in [0.2, 0.25) is 0 Å². The third-order valence-corrected chi connectivity index (χ3v) is 6.42. The first-order valence-corrected chi connectivity index (χ1v) is 13.4. The summed E-state index contributed by atoms with van der Waals surface area (Å²) in [5, 5.41) is 17.5. The fourth-order valence-corrected chi connectivity index (χ4v) is 3.96. The van der Waals surface area contributed by atoms with Crippen LogP contribution in [0.4, 0.5) is 0 Å². The number of carbonyl (C=O) groups is 4. The Balaban J connectivity index is 2.25. The lowest BCUT2D eigenvalue weighted by atomic mass is 10.0. The highest BCUT2D eigenvalue weighted by Gasteiger charge is 2.31. The van der Waals surface area contributed by atoms with Crippen molar-refractivity contribution in [3.63, 3.8) is 0 Å². The van der Waals surface area contributed by atoms with Gasteiger partial charge in [0.25, 0.3) is 0 Å². The van der Waals surface area contributed by atoms with Gasteiger partial charge < -0.3 is 31.8 Å². The molecule has 0 spiro atoms. The van der Waals surface area contributed by atoms with Crippen LogP contribution >= 0.6 is 11.8 Å². The van der Waals surface area contributed by atoms with E-state index in [0.29, 0.717) is 11.4 Å². The Morgan fingerprint density at radius 3 is 2.11 bits per heavy atom. The minimum Gasteiger partial charge on any atom is -0.480 e. The van der Waals surface area contributed by atoms with E-state index >= 15 is 0 Å². The van der Waals surface area contributed by atoms with Gasteiger partial charge in [-0.15, -0.1) is 0 Å². The molecule has 7 N–H and O–H groups in total. The number of carbonyl (C=O) groups excluding carboxylic acids is 3. The summed E-state index contributed by atoms with van der Waals surface area (Å²) in [5.41, 5.74) is 7.36. The predicted molar refractivity (Wildman–Crippen MR) is 142 cm³/mol. The van der Waals surface area contributed by atoms with Gasteiger partial charge in [0.1, 0.15) is 18.1 Å². The second kappa shape index (κ2) is 15.0. The second-order valence-corrected chi connectivity index (χ2v) is 10.0. The van der Waals surface area contributed by atoms with E-state index in [0.717, 1.165) is 5.56 Å². The van der Waals surface area contributed by atoms with Crippen molar-refractivity contribution in [1.29, 1.82) is 0 Å². The van der Waals surface area contributed by atoms with Crippen LogP contribution in [-0.4, -0.2) is 74.9 Å². The molecule has 0 aliphatic rings. The van der Waals surface area contributed by atoms with Crippen molar-refractivity contribution in [2.24, 2.45) is 11.7 Å². The topological polar surface area (TPSA) is 179 Å². The summed E-state index contributed by atoms with van der Waals surface area (Å²) in [4.78, 5) is 57.8. The van der Waals surface area contributed by atoms with E-state index in [1.807, 2.05) is 36.6 Å². The molecule has 0 fully saturated rings. The van der Waals surface area contributed by atoms with Crippen molar-refractivity contribution in [3.05, 3.63) is 54.1 Å². The molecule has 0 aliphatic carbocycles. The van der Waals surface area contributed by atoms with Crippen LogP contribution in [0.25, 0.3) is 0 Å². The van der Waals surface area contributed by atoms with Gasteiger partial charge in [-0.2, -0.15) is 11.8 Å². The monoisotopic (exact) mass is 532 g/mol. The standard InChI is InChI=1S/C25H36N6O5S/c1-15(2)21(26)24(34)31-19(11-16-7-5-4-6-8-16)22(32)30-20(12-17-13-27-14-28-17)23(33)29-18(25(35)36)9-10-37-3/h4-8,13-15,18-21H,9-12,26H2,1-3H3,(H,27,28)(H,29,33)(H,30,32)(H,31,34)(H,35,36). The number of carboxylic acids is 1. The molecule has 0 saturated carbocycles. The molecule has 4 atom stereocenters. The number of thioether (sulfide) groups is 1. The number of hydrogen-bond acceptors (Lipinski definition) is 7. The van der Waals surface area contributed by atoms with Crippen molar-refractivity contribution in [2.75, 3.05) is 12.0 Å². The number of hydrogen-bond donors (Lipinski definition) is 6. The summed E-state index contributed by atoms with van der Waals surface area (Å²) in [5.74, 6) is -2.50. The normalized spacial score (nSPS) is 14.3. The van der Waals surface area contributed by atoms with Crippen LogP contribution in [0.3, 0.4) is 0 Å². The van der Waals surface area contributed by atoms with Crippen LogP contribution in [0.1, 0.15) is 31.5 Å². The van der Waals surface area contributed by atoms with Gasteiger partial charge in [-0.3, -0.25) is 14.4 Å². The Morgan fingerprint density at radius 2 is 1.57 bits per heavy atom. The van der Waals surface area contributed by atoms with E-state index < -0.39 is 47.9 Å². The maximum absolute atomic E-state index is 13.4. The largest absolute Gasteiger partial charge is 0.480 e. The molecule has 0 aliphatic heterocycles. The number of carboxylic acid groups (broad SMARTS) is 1. The van der Waals surface area contributed by atoms with Crippen molar-refractivity contribution in [2.45, 2.75) is 57.3 Å². The van der Waals surface area contributed by atoms with Crippen LogP contribution in [0.15, 0.2) is 42.9 Å². The van der Waals surface area contributed by atoms with E-state index in [1.54, 1.807) is 13.8 Å². The number of imidazole rings is 1. The van der Waals surface area contributed by atoms with E-state index in [2.05, 4.69) is 25.9 Å². The zero-order chi connectivity index (χ0) is 27.4. The zero-order valence-electron chi connectivity index (χ0n) is 21.3. The Hall–Kier alpha value is -3.38. The maximum Gasteiger partial charge on any atom is 0.326 e. The molecule has 2 aromatic rings. The first kappa shape index (κ1) is 29.8. The fourth-order valence-electron chi connectivity index (χ4n) is 3.49. The summed E-state index contributed by atoms with van der Waals surface area (Å²) in [7, 11) is 0. The van der Waals surface area contributed by atoms with E-state index in [-0.39, 0.29) is 25.2 Å². The Bertz CT molecular complexity index is 1020. The Morgan fingerprint density at radius 1 is 0.973 bits per heavy atom. The van der Waals surface area contributed by atoms with Gasteiger partial charge >= 0.3 is 5.97 Å². The average molecular weight is 533 g/mol. The molecule has 1 aromatic heterocycles. The minimum atomic E-state index is -1.16. The van der Waals surface area contributed by atoms with Gasteiger partial charge in [-0.05, 0) is 29.9 Å². The molecular formula is C25H36N6O5S. The number of amides is 3. The van der Waals surface area contributed by atoms with Gasteiger partial charge in [0.2, 0.25) is 17.7 Å². The number of nitrogens with one attached hydrogen (secondary N) is 4. The lowest BCUT2D eigenvalue weighted by Crippen LogP contribution is -2.58. The lowest BCUT2D eigenvalue weighted by molar-refractivity contribution is -0.142. The number of nitrogens with zero attached hydrogens (tertiary/aromatic N) is 1. The maximum atomic E-state index is 13.4. The molecule has 202 valence electrons. The molecule has 0 bridgehead atoms. The molecule has 2 rings (SSSR count). The van der Waals surface area contributed by atoms with Gasteiger partial charge in [0.05, 0.1) is 12.4 Å². The van der Waals surface area contributed by atoms with Crippen LogP contribution in [0, 0.1) is 5.92 Å². The molecule has 0 saturated heterocycles. The summed E-state index contributed by atoms with van der Waals surface area (Å²) < 4.78 is 0. The van der Waals surface area contributed by atoms with Crippen LogP contribution < -0.4 is 21.7 Å². The van der Waals surface area contributed by atoms with E-state index in [9.17, 15) is 24.3 Å². The summed E-state index contributed by atoms with van der Waals surface area (Å²) in [6, 6.07) is 5.09. The quantitative estimate of drug-likeness (QED) is 0.191. The lowest BCUT2D eigenvalue weighted by Gasteiger charge is -2.25. The molecule has 1 aromatic carbocycles. The van der Waals surface area contributed by atoms with Gasteiger partial charge in [0, 0.05) is 24.7 Å². The second-order valence-electron chi connectivity index (χ2n) is 9.04. The average Bonchev–Trinajstić information content (AvgIpc) is 3.38. The molecule has 37 heavy (non-hydrogen) atoms. The van der Waals surface area contributed by atoms with Crippen molar-refractivity contribution >= 4 is 35.5 Å². The van der Waals surface area contributed by atoms with Crippen LogP contribution in [0.5, 0.6) is 0 Å². The minimum absolute atomic E-state index is 0.0456. The Kier molecular flexibility index (Phi) is 12.1. The van der Waals surface area contributed by atoms with E-state index in [1.165, 1.54) is 24.3 Å². The first-order chi connectivity index (χ1) is 17.6.